The van der Waals surface area contributed by atoms with Crippen molar-refractivity contribution < 1.29 is 0 Å². The van der Waals surface area contributed by atoms with Gasteiger partial charge in [-0.1, -0.05) is 12.8 Å². The molecule has 1 unspecified atom stereocenters. The van der Waals surface area contributed by atoms with Crippen molar-refractivity contribution in [3.05, 3.63) is 24.3 Å². The van der Waals surface area contributed by atoms with Crippen LogP contribution in [0.15, 0.2) is 24.3 Å². The van der Waals surface area contributed by atoms with E-state index in [2.05, 4.69) is 47.3 Å². The molecular formula is C13H18N2. The van der Waals surface area contributed by atoms with Gasteiger partial charge in [-0.15, -0.1) is 6.42 Å². The molecule has 80 valence electrons. The predicted molar refractivity (Wildman–Crippen MR) is 67.3 cm³/mol. The molecule has 0 fully saturated rings. The van der Waals surface area contributed by atoms with Gasteiger partial charge in [0.15, 0.2) is 0 Å². The van der Waals surface area contributed by atoms with Crippen LogP contribution in [0.5, 0.6) is 0 Å². The standard InChI is InChI=1S/C13H18N2/c1-5-11(6-2)14-12-7-9-13(10-8-12)15(3)4/h1,7-11,14H,6H2,2-4H3. The van der Waals surface area contributed by atoms with Gasteiger partial charge in [-0.3, -0.25) is 0 Å². The van der Waals surface area contributed by atoms with Crippen LogP contribution < -0.4 is 10.2 Å². The van der Waals surface area contributed by atoms with Gasteiger partial charge in [-0.05, 0) is 30.7 Å². The molecular weight excluding hydrogens is 184 g/mol. The number of hydrogen-bond donors (Lipinski definition) is 1. The Kier molecular flexibility index (Phi) is 4.05. The summed E-state index contributed by atoms with van der Waals surface area (Å²) in [5.74, 6) is 2.72. The van der Waals surface area contributed by atoms with Crippen LogP contribution >= 0.6 is 0 Å². The van der Waals surface area contributed by atoms with Crippen molar-refractivity contribution in [2.24, 2.45) is 0 Å². The zero-order valence-electron chi connectivity index (χ0n) is 9.62. The molecule has 0 aliphatic rings. The SMILES string of the molecule is C#CC(CC)Nc1ccc(N(C)C)cc1. The third-order valence-corrected chi connectivity index (χ3v) is 2.33. The van der Waals surface area contributed by atoms with Crippen molar-refractivity contribution in [3.63, 3.8) is 0 Å². The third-order valence-electron chi connectivity index (χ3n) is 2.33. The molecule has 1 aromatic rings. The van der Waals surface area contributed by atoms with E-state index in [9.17, 15) is 0 Å². The minimum Gasteiger partial charge on any atom is -0.378 e. The molecule has 0 bridgehead atoms. The Morgan fingerprint density at radius 2 is 1.93 bits per heavy atom. The van der Waals surface area contributed by atoms with E-state index in [0.29, 0.717) is 0 Å². The molecule has 0 saturated carbocycles. The van der Waals surface area contributed by atoms with Gasteiger partial charge in [-0.2, -0.15) is 0 Å². The largest absolute Gasteiger partial charge is 0.378 e. The van der Waals surface area contributed by atoms with Crippen LogP contribution in [0, 0.1) is 12.3 Å². The quantitative estimate of drug-likeness (QED) is 0.755. The lowest BCUT2D eigenvalue weighted by Crippen LogP contribution is -2.15. The molecule has 0 radical (unpaired) electrons. The van der Waals surface area contributed by atoms with E-state index in [1.165, 1.54) is 5.69 Å². The summed E-state index contributed by atoms with van der Waals surface area (Å²) in [5.41, 5.74) is 2.26. The lowest BCUT2D eigenvalue weighted by atomic mass is 10.2. The van der Waals surface area contributed by atoms with Crippen molar-refractivity contribution in [1.29, 1.82) is 0 Å². The zero-order chi connectivity index (χ0) is 11.3. The maximum Gasteiger partial charge on any atom is 0.0871 e. The smallest absolute Gasteiger partial charge is 0.0871 e. The van der Waals surface area contributed by atoms with Gasteiger partial charge in [-0.25, -0.2) is 0 Å². The molecule has 0 aliphatic heterocycles. The van der Waals surface area contributed by atoms with Gasteiger partial charge < -0.3 is 10.2 Å². The van der Waals surface area contributed by atoms with E-state index >= 15 is 0 Å². The first kappa shape index (κ1) is 11.5. The minimum atomic E-state index is 0.121. The lowest BCUT2D eigenvalue weighted by molar-refractivity contribution is 0.858. The molecule has 0 aromatic heterocycles. The Morgan fingerprint density at radius 3 is 2.33 bits per heavy atom. The zero-order valence-corrected chi connectivity index (χ0v) is 9.62. The summed E-state index contributed by atoms with van der Waals surface area (Å²) < 4.78 is 0. The first-order valence-electron chi connectivity index (χ1n) is 5.17. The molecule has 0 saturated heterocycles. The topological polar surface area (TPSA) is 15.3 Å². The first-order chi connectivity index (χ1) is 7.17. The summed E-state index contributed by atoms with van der Waals surface area (Å²) in [6, 6.07) is 8.37. The maximum atomic E-state index is 5.39. The summed E-state index contributed by atoms with van der Waals surface area (Å²) in [7, 11) is 4.05. The fourth-order valence-corrected chi connectivity index (χ4v) is 1.32. The van der Waals surface area contributed by atoms with E-state index in [1.807, 2.05) is 14.1 Å². The number of nitrogens with one attached hydrogen (secondary N) is 1. The highest BCUT2D eigenvalue weighted by Crippen LogP contribution is 2.16. The van der Waals surface area contributed by atoms with Crippen molar-refractivity contribution in [3.8, 4) is 12.3 Å². The normalized spacial score (nSPS) is 11.6. The minimum absolute atomic E-state index is 0.121. The number of anilines is 2. The highest BCUT2D eigenvalue weighted by atomic mass is 15.1. The van der Waals surface area contributed by atoms with Crippen molar-refractivity contribution in [1.82, 2.24) is 0 Å². The predicted octanol–water partition coefficient (Wildman–Crippen LogP) is 2.58. The van der Waals surface area contributed by atoms with Crippen LogP contribution in [-0.2, 0) is 0 Å². The molecule has 1 rings (SSSR count). The summed E-state index contributed by atoms with van der Waals surface area (Å²) in [5, 5.41) is 3.29. The summed E-state index contributed by atoms with van der Waals surface area (Å²) in [4.78, 5) is 2.07. The average Bonchev–Trinajstić information content (AvgIpc) is 2.26. The number of nitrogens with zero attached hydrogens (tertiary/aromatic N) is 1. The second-order valence-corrected chi connectivity index (χ2v) is 3.71. The van der Waals surface area contributed by atoms with Crippen molar-refractivity contribution >= 4 is 11.4 Å². The van der Waals surface area contributed by atoms with Crippen LogP contribution in [0.4, 0.5) is 11.4 Å². The fraction of sp³-hybridized carbons (Fsp3) is 0.385. The lowest BCUT2D eigenvalue weighted by Gasteiger charge is -2.15. The van der Waals surface area contributed by atoms with Crippen molar-refractivity contribution in [2.45, 2.75) is 19.4 Å². The van der Waals surface area contributed by atoms with Crippen LogP contribution in [0.2, 0.25) is 0 Å². The summed E-state index contributed by atoms with van der Waals surface area (Å²) in [6.45, 7) is 2.08. The Hall–Kier alpha value is -1.62. The molecule has 0 heterocycles. The molecule has 2 nitrogen and oxygen atoms in total. The Labute approximate surface area is 92.3 Å². The Bertz CT molecular complexity index is 333. The average molecular weight is 202 g/mol. The third kappa shape index (κ3) is 3.21. The van der Waals surface area contributed by atoms with Crippen LogP contribution in [0.25, 0.3) is 0 Å². The molecule has 1 N–H and O–H groups in total. The maximum absolute atomic E-state index is 5.39. The summed E-state index contributed by atoms with van der Waals surface area (Å²) >= 11 is 0. The fourth-order valence-electron chi connectivity index (χ4n) is 1.32. The number of terminal acetylenes is 1. The molecule has 0 spiro atoms. The van der Waals surface area contributed by atoms with Crippen LogP contribution in [0.3, 0.4) is 0 Å². The van der Waals surface area contributed by atoms with E-state index in [0.717, 1.165) is 12.1 Å². The molecule has 15 heavy (non-hydrogen) atoms. The van der Waals surface area contributed by atoms with Crippen LogP contribution in [0.1, 0.15) is 13.3 Å². The number of benzene rings is 1. The second-order valence-electron chi connectivity index (χ2n) is 3.71. The number of hydrogen-bond acceptors (Lipinski definition) is 2. The van der Waals surface area contributed by atoms with E-state index < -0.39 is 0 Å². The van der Waals surface area contributed by atoms with Gasteiger partial charge >= 0.3 is 0 Å². The van der Waals surface area contributed by atoms with Crippen LogP contribution in [-0.4, -0.2) is 20.1 Å². The van der Waals surface area contributed by atoms with Gasteiger partial charge in [0.2, 0.25) is 0 Å². The molecule has 0 amide bonds. The highest BCUT2D eigenvalue weighted by Gasteiger charge is 2.01. The molecule has 1 aromatic carbocycles. The molecule has 2 heteroatoms. The highest BCUT2D eigenvalue weighted by molar-refractivity contribution is 5.55. The number of rotatable bonds is 4. The Balaban J connectivity index is 2.69. The second kappa shape index (κ2) is 5.31. The van der Waals surface area contributed by atoms with E-state index in [1.54, 1.807) is 0 Å². The molecule has 0 aliphatic carbocycles. The van der Waals surface area contributed by atoms with Gasteiger partial charge in [0.05, 0.1) is 6.04 Å². The van der Waals surface area contributed by atoms with Crippen molar-refractivity contribution in [2.75, 3.05) is 24.3 Å². The molecule has 1 atom stereocenters. The monoisotopic (exact) mass is 202 g/mol. The van der Waals surface area contributed by atoms with Gasteiger partial charge in [0.1, 0.15) is 0 Å². The first-order valence-corrected chi connectivity index (χ1v) is 5.17. The van der Waals surface area contributed by atoms with Gasteiger partial charge in [0, 0.05) is 25.5 Å². The van der Waals surface area contributed by atoms with E-state index in [-0.39, 0.29) is 6.04 Å². The van der Waals surface area contributed by atoms with Gasteiger partial charge in [0.25, 0.3) is 0 Å². The van der Waals surface area contributed by atoms with E-state index in [4.69, 9.17) is 6.42 Å². The summed E-state index contributed by atoms with van der Waals surface area (Å²) in [6.07, 6.45) is 6.32. The Morgan fingerprint density at radius 1 is 1.33 bits per heavy atom.